The lowest BCUT2D eigenvalue weighted by atomic mass is 9.99. The SMILES string of the molecule is CCCCCC/C=C/C=C/CCCCCCCC(=O)OC[C@@H](CO[C@H]1O[C@@H](CO)[C@@H](O)C(O)C1O)OC(=O)/C=C/C=C/CCCCCCCCCCCCC. The van der Waals surface area contributed by atoms with Gasteiger partial charge in [0.05, 0.1) is 13.2 Å². The van der Waals surface area contributed by atoms with Crippen molar-refractivity contribution in [2.45, 2.75) is 205 Å². The average molecular weight is 779 g/mol. The van der Waals surface area contributed by atoms with Crippen LogP contribution in [0.5, 0.6) is 0 Å². The van der Waals surface area contributed by atoms with Gasteiger partial charge in [0.2, 0.25) is 0 Å². The molecule has 0 radical (unpaired) electrons. The van der Waals surface area contributed by atoms with Crippen LogP contribution in [0.15, 0.2) is 48.6 Å². The smallest absolute Gasteiger partial charge is 0.331 e. The first kappa shape index (κ1) is 50.7. The molecule has 0 bridgehead atoms. The number of unbranched alkanes of at least 4 members (excludes halogenated alkanes) is 20. The molecule has 6 atom stereocenters. The molecule has 1 fully saturated rings. The predicted octanol–water partition coefficient (Wildman–Crippen LogP) is 8.88. The second-order valence-corrected chi connectivity index (χ2v) is 14.9. The van der Waals surface area contributed by atoms with Crippen LogP contribution in [-0.4, -0.2) is 89.0 Å². The Kier molecular flexibility index (Phi) is 33.2. The fraction of sp³-hybridized carbons (Fsp3) is 0.778. The molecular formula is C45H78O10. The highest BCUT2D eigenvalue weighted by molar-refractivity contribution is 5.82. The Morgan fingerprint density at radius 1 is 0.600 bits per heavy atom. The summed E-state index contributed by atoms with van der Waals surface area (Å²) in [5, 5.41) is 40.0. The third kappa shape index (κ3) is 27.8. The molecule has 2 unspecified atom stereocenters. The molecule has 1 aliphatic rings. The monoisotopic (exact) mass is 779 g/mol. The van der Waals surface area contributed by atoms with Crippen molar-refractivity contribution in [2.75, 3.05) is 19.8 Å². The van der Waals surface area contributed by atoms with Gasteiger partial charge in [-0.3, -0.25) is 4.79 Å². The zero-order valence-corrected chi connectivity index (χ0v) is 34.4. The summed E-state index contributed by atoms with van der Waals surface area (Å²) in [5.74, 6) is -1.08. The number of aliphatic hydroxyl groups is 4. The highest BCUT2D eigenvalue weighted by Gasteiger charge is 2.44. The first-order valence-corrected chi connectivity index (χ1v) is 21.8. The molecule has 0 aromatic carbocycles. The van der Waals surface area contributed by atoms with Crippen molar-refractivity contribution in [3.05, 3.63) is 48.6 Å². The summed E-state index contributed by atoms with van der Waals surface area (Å²) in [4.78, 5) is 25.2. The third-order valence-corrected chi connectivity index (χ3v) is 9.82. The van der Waals surface area contributed by atoms with Gasteiger partial charge in [-0.2, -0.15) is 0 Å². The van der Waals surface area contributed by atoms with E-state index in [4.69, 9.17) is 18.9 Å². The summed E-state index contributed by atoms with van der Waals surface area (Å²) >= 11 is 0. The van der Waals surface area contributed by atoms with Crippen molar-refractivity contribution in [2.24, 2.45) is 0 Å². The first-order valence-electron chi connectivity index (χ1n) is 21.8. The molecule has 1 rings (SSSR count). The Bertz CT molecular complexity index is 1040. The predicted molar refractivity (Wildman–Crippen MR) is 219 cm³/mol. The van der Waals surface area contributed by atoms with Gasteiger partial charge in [0.1, 0.15) is 31.0 Å². The lowest BCUT2D eigenvalue weighted by Gasteiger charge is -2.39. The zero-order valence-electron chi connectivity index (χ0n) is 34.4. The lowest BCUT2D eigenvalue weighted by Crippen LogP contribution is -2.59. The van der Waals surface area contributed by atoms with E-state index in [1.807, 2.05) is 12.2 Å². The maximum absolute atomic E-state index is 12.6. The van der Waals surface area contributed by atoms with E-state index in [1.165, 1.54) is 96.0 Å². The highest BCUT2D eigenvalue weighted by atomic mass is 16.7. The minimum Gasteiger partial charge on any atom is -0.462 e. The largest absolute Gasteiger partial charge is 0.462 e. The highest BCUT2D eigenvalue weighted by Crippen LogP contribution is 2.22. The van der Waals surface area contributed by atoms with E-state index < -0.39 is 55.4 Å². The standard InChI is InChI=1S/C45H78O10/c1-3-5-7-9-11-13-15-17-19-21-23-25-27-29-31-33-40(47)52-36-38(37-53-45-44(51)43(50)42(49)39(35-46)55-45)54-41(48)34-32-30-28-26-24-22-20-18-16-14-12-10-8-6-4-2/h13,15,17,19,28,30,32,34,38-39,42-46,49-51H,3-12,14,16,18,20-27,29,31,33,35-37H2,1-2H3/b15-13+,19-17+,30-28+,34-32+/t38-,39-,42+,43?,44?,45-/m0/s1. The molecule has 0 aliphatic carbocycles. The molecule has 0 amide bonds. The van der Waals surface area contributed by atoms with E-state index in [-0.39, 0.29) is 19.6 Å². The van der Waals surface area contributed by atoms with Gasteiger partial charge in [-0.05, 0) is 44.9 Å². The van der Waals surface area contributed by atoms with Gasteiger partial charge in [0, 0.05) is 12.5 Å². The van der Waals surface area contributed by atoms with Crippen molar-refractivity contribution in [1.82, 2.24) is 0 Å². The molecule has 1 saturated heterocycles. The molecule has 318 valence electrons. The Balaban J connectivity index is 2.42. The summed E-state index contributed by atoms with van der Waals surface area (Å²) in [6.07, 6.45) is 34.6. The van der Waals surface area contributed by atoms with Crippen LogP contribution in [0.1, 0.15) is 168 Å². The zero-order chi connectivity index (χ0) is 40.2. The van der Waals surface area contributed by atoms with Gasteiger partial charge in [-0.15, -0.1) is 0 Å². The number of hydrogen-bond acceptors (Lipinski definition) is 10. The molecule has 0 aromatic rings. The number of carbonyl (C=O) groups excluding carboxylic acids is 2. The Hall–Kier alpha value is -2.34. The van der Waals surface area contributed by atoms with Crippen LogP contribution >= 0.6 is 0 Å². The lowest BCUT2D eigenvalue weighted by molar-refractivity contribution is -0.305. The first-order chi connectivity index (χ1) is 26.8. The van der Waals surface area contributed by atoms with Crippen LogP contribution in [0.25, 0.3) is 0 Å². The minimum atomic E-state index is -1.61. The average Bonchev–Trinajstić information content (AvgIpc) is 3.18. The van der Waals surface area contributed by atoms with Crippen LogP contribution < -0.4 is 0 Å². The van der Waals surface area contributed by atoms with Gasteiger partial charge in [-0.1, -0.05) is 159 Å². The van der Waals surface area contributed by atoms with Gasteiger partial charge in [0.25, 0.3) is 0 Å². The second kappa shape index (κ2) is 36.0. The molecule has 55 heavy (non-hydrogen) atoms. The Morgan fingerprint density at radius 3 is 1.60 bits per heavy atom. The molecule has 0 aromatic heterocycles. The number of carbonyl (C=O) groups is 2. The molecule has 10 nitrogen and oxygen atoms in total. The molecule has 4 N–H and O–H groups in total. The number of hydrogen-bond donors (Lipinski definition) is 4. The molecule has 1 heterocycles. The minimum absolute atomic E-state index is 0.237. The van der Waals surface area contributed by atoms with E-state index in [9.17, 15) is 30.0 Å². The van der Waals surface area contributed by atoms with Crippen molar-refractivity contribution in [1.29, 1.82) is 0 Å². The third-order valence-electron chi connectivity index (χ3n) is 9.82. The van der Waals surface area contributed by atoms with Crippen LogP contribution in [0.3, 0.4) is 0 Å². The van der Waals surface area contributed by atoms with Crippen LogP contribution in [0, 0.1) is 0 Å². The summed E-state index contributed by atoms with van der Waals surface area (Å²) < 4.78 is 21.9. The molecule has 0 spiro atoms. The van der Waals surface area contributed by atoms with Gasteiger partial charge < -0.3 is 39.4 Å². The van der Waals surface area contributed by atoms with Crippen molar-refractivity contribution >= 4 is 11.9 Å². The van der Waals surface area contributed by atoms with E-state index in [2.05, 4.69) is 38.2 Å². The van der Waals surface area contributed by atoms with Crippen LogP contribution in [-0.2, 0) is 28.5 Å². The van der Waals surface area contributed by atoms with E-state index in [0.717, 1.165) is 51.4 Å². The maximum Gasteiger partial charge on any atom is 0.331 e. The fourth-order valence-electron chi connectivity index (χ4n) is 6.32. The molecule has 1 aliphatic heterocycles. The molecular weight excluding hydrogens is 700 g/mol. The van der Waals surface area contributed by atoms with Gasteiger partial charge >= 0.3 is 11.9 Å². The number of rotatable bonds is 35. The molecule has 10 heteroatoms. The number of esters is 2. The summed E-state index contributed by atoms with van der Waals surface area (Å²) in [7, 11) is 0. The summed E-state index contributed by atoms with van der Waals surface area (Å²) in [5.41, 5.74) is 0. The normalized spacial score (nSPS) is 21.0. The number of aliphatic hydroxyl groups excluding tert-OH is 4. The Morgan fingerprint density at radius 2 is 1.07 bits per heavy atom. The van der Waals surface area contributed by atoms with E-state index in [1.54, 1.807) is 6.08 Å². The van der Waals surface area contributed by atoms with Crippen molar-refractivity contribution in [3.63, 3.8) is 0 Å². The van der Waals surface area contributed by atoms with Crippen LogP contribution in [0.2, 0.25) is 0 Å². The van der Waals surface area contributed by atoms with Gasteiger partial charge in [-0.25, -0.2) is 4.79 Å². The summed E-state index contributed by atoms with van der Waals surface area (Å²) in [6, 6.07) is 0. The summed E-state index contributed by atoms with van der Waals surface area (Å²) in [6.45, 7) is 3.27. The van der Waals surface area contributed by atoms with E-state index >= 15 is 0 Å². The fourth-order valence-corrected chi connectivity index (χ4v) is 6.32. The van der Waals surface area contributed by atoms with Crippen molar-refractivity contribution < 1.29 is 49.0 Å². The molecule has 0 saturated carbocycles. The second-order valence-electron chi connectivity index (χ2n) is 14.9. The quantitative estimate of drug-likeness (QED) is 0.0213. The Labute approximate surface area is 333 Å². The van der Waals surface area contributed by atoms with E-state index in [0.29, 0.717) is 6.42 Å². The number of ether oxygens (including phenoxy) is 4. The number of allylic oxidation sites excluding steroid dienone is 7. The van der Waals surface area contributed by atoms with Crippen molar-refractivity contribution in [3.8, 4) is 0 Å². The maximum atomic E-state index is 12.6. The van der Waals surface area contributed by atoms with Gasteiger partial charge in [0.15, 0.2) is 12.4 Å². The topological polar surface area (TPSA) is 152 Å². The van der Waals surface area contributed by atoms with Crippen LogP contribution in [0.4, 0.5) is 0 Å².